The van der Waals surface area contributed by atoms with Crippen molar-refractivity contribution in [3.8, 4) is 5.75 Å². The molecule has 0 saturated heterocycles. The number of unbranched alkanes of at least 4 members (excludes halogenated alkanes) is 2. The maximum atomic E-state index is 12.4. The van der Waals surface area contributed by atoms with Crippen molar-refractivity contribution in [2.45, 2.75) is 25.7 Å². The lowest BCUT2D eigenvalue weighted by atomic mass is 9.98. The Bertz CT molecular complexity index is 756. The van der Waals surface area contributed by atoms with Crippen molar-refractivity contribution in [3.63, 3.8) is 0 Å². The van der Waals surface area contributed by atoms with Crippen LogP contribution >= 0.6 is 0 Å². The molecule has 5 heteroatoms. The van der Waals surface area contributed by atoms with Crippen LogP contribution in [0.15, 0.2) is 48.5 Å². The Morgan fingerprint density at radius 2 is 1.72 bits per heavy atom. The second-order valence-corrected chi connectivity index (χ2v) is 6.16. The Labute approximate surface area is 147 Å². The molecule has 0 bridgehead atoms. The number of fused-ring (bicyclic) bond motifs is 1. The van der Waals surface area contributed by atoms with Gasteiger partial charge in [0.2, 0.25) is 5.91 Å². The smallest absolute Gasteiger partial charge is 0.260 e. The Morgan fingerprint density at radius 3 is 2.52 bits per heavy atom. The summed E-state index contributed by atoms with van der Waals surface area (Å²) in [4.78, 5) is 26.0. The molecule has 0 unspecified atom stereocenters. The van der Waals surface area contributed by atoms with E-state index in [1.807, 2.05) is 30.3 Å². The van der Waals surface area contributed by atoms with Crippen molar-refractivity contribution in [1.82, 2.24) is 4.90 Å². The summed E-state index contributed by atoms with van der Waals surface area (Å²) in [7, 11) is 0. The summed E-state index contributed by atoms with van der Waals surface area (Å²) in [5, 5.41) is 0. The van der Waals surface area contributed by atoms with Gasteiger partial charge in [-0.1, -0.05) is 18.2 Å². The number of carbonyl (C=O) groups excluding carboxylic acids is 2. The number of rotatable bonds is 7. The summed E-state index contributed by atoms with van der Waals surface area (Å²) < 4.78 is 5.64. The van der Waals surface area contributed by atoms with Crippen LogP contribution in [0.1, 0.15) is 35.2 Å². The number of ether oxygens (including phenoxy) is 1. The normalized spacial score (nSPS) is 13.7. The van der Waals surface area contributed by atoms with Gasteiger partial charge >= 0.3 is 0 Å². The highest BCUT2D eigenvalue weighted by atomic mass is 16.5. The van der Waals surface area contributed by atoms with Crippen molar-refractivity contribution in [3.05, 3.63) is 59.7 Å². The summed E-state index contributed by atoms with van der Waals surface area (Å²) in [6.45, 7) is 1.07. The largest absolute Gasteiger partial charge is 0.494 e. The van der Waals surface area contributed by atoms with Crippen LogP contribution in [0, 0.1) is 0 Å². The monoisotopic (exact) mass is 338 g/mol. The van der Waals surface area contributed by atoms with Gasteiger partial charge in [0.1, 0.15) is 5.75 Å². The van der Waals surface area contributed by atoms with E-state index in [9.17, 15) is 9.59 Å². The first-order chi connectivity index (χ1) is 12.1. The number of imide groups is 1. The molecule has 0 fully saturated rings. The molecule has 1 aliphatic rings. The van der Waals surface area contributed by atoms with E-state index in [2.05, 4.69) is 0 Å². The highest BCUT2D eigenvalue weighted by molar-refractivity contribution is 6.09. The van der Waals surface area contributed by atoms with Gasteiger partial charge in [-0.2, -0.15) is 0 Å². The first kappa shape index (κ1) is 17.0. The Kier molecular flexibility index (Phi) is 5.33. The standard InChI is InChI=1S/C20H22N2O3/c21-16-8-10-17(11-9-16)25-13-5-1-4-12-22-19(23)14-15-6-2-3-7-18(15)20(22)24/h2-3,6-11H,1,4-5,12-14,21H2. The maximum Gasteiger partial charge on any atom is 0.260 e. The third kappa shape index (κ3) is 4.18. The third-order valence-corrected chi connectivity index (χ3v) is 4.31. The number of hydrogen-bond acceptors (Lipinski definition) is 4. The minimum absolute atomic E-state index is 0.109. The molecular formula is C20H22N2O3. The predicted molar refractivity (Wildman–Crippen MR) is 96.4 cm³/mol. The van der Waals surface area contributed by atoms with Crippen molar-refractivity contribution < 1.29 is 14.3 Å². The van der Waals surface area contributed by atoms with Gasteiger partial charge in [-0.25, -0.2) is 0 Å². The second kappa shape index (κ2) is 7.83. The van der Waals surface area contributed by atoms with Gasteiger partial charge in [0.25, 0.3) is 5.91 Å². The molecule has 2 aromatic carbocycles. The number of amides is 2. The number of hydrogen-bond donors (Lipinski definition) is 1. The highest BCUT2D eigenvalue weighted by Gasteiger charge is 2.29. The zero-order valence-corrected chi connectivity index (χ0v) is 14.1. The van der Waals surface area contributed by atoms with Crippen LogP contribution in [0.4, 0.5) is 5.69 Å². The molecule has 2 aromatic rings. The van der Waals surface area contributed by atoms with E-state index >= 15 is 0 Å². The molecule has 0 atom stereocenters. The molecule has 2 N–H and O–H groups in total. The van der Waals surface area contributed by atoms with E-state index < -0.39 is 0 Å². The molecule has 0 aliphatic carbocycles. The van der Waals surface area contributed by atoms with Gasteiger partial charge in [0.15, 0.2) is 0 Å². The van der Waals surface area contributed by atoms with E-state index in [1.54, 1.807) is 18.2 Å². The molecule has 1 heterocycles. The predicted octanol–water partition coefficient (Wildman–Crippen LogP) is 3.04. The molecular weight excluding hydrogens is 316 g/mol. The fraction of sp³-hybridized carbons (Fsp3) is 0.300. The summed E-state index contributed by atoms with van der Waals surface area (Å²) in [5.41, 5.74) is 7.81. The Balaban J connectivity index is 1.41. The quantitative estimate of drug-likeness (QED) is 0.478. The number of benzene rings is 2. The first-order valence-corrected chi connectivity index (χ1v) is 8.56. The lowest BCUT2D eigenvalue weighted by Gasteiger charge is -2.26. The number of nitrogen functional groups attached to an aromatic ring is 1. The molecule has 130 valence electrons. The van der Waals surface area contributed by atoms with Crippen LogP contribution in [0.3, 0.4) is 0 Å². The second-order valence-electron chi connectivity index (χ2n) is 6.16. The minimum Gasteiger partial charge on any atom is -0.494 e. The number of anilines is 1. The fourth-order valence-corrected chi connectivity index (χ4v) is 2.93. The molecule has 0 radical (unpaired) electrons. The maximum absolute atomic E-state index is 12.4. The summed E-state index contributed by atoms with van der Waals surface area (Å²) in [5.74, 6) is 0.513. The number of nitrogens with zero attached hydrogens (tertiary/aromatic N) is 1. The molecule has 0 spiro atoms. The third-order valence-electron chi connectivity index (χ3n) is 4.31. The summed E-state index contributed by atoms with van der Waals surface area (Å²) in [6.07, 6.45) is 2.86. The zero-order chi connectivity index (χ0) is 17.6. The first-order valence-electron chi connectivity index (χ1n) is 8.56. The average Bonchev–Trinajstić information content (AvgIpc) is 2.62. The van der Waals surface area contributed by atoms with Crippen molar-refractivity contribution >= 4 is 17.5 Å². The molecule has 5 nitrogen and oxygen atoms in total. The zero-order valence-electron chi connectivity index (χ0n) is 14.1. The lowest BCUT2D eigenvalue weighted by Crippen LogP contribution is -2.42. The molecule has 3 rings (SSSR count). The van der Waals surface area contributed by atoms with Gasteiger partial charge in [-0.15, -0.1) is 0 Å². The van der Waals surface area contributed by atoms with Crippen LogP contribution in [0.5, 0.6) is 5.75 Å². The van der Waals surface area contributed by atoms with Crippen molar-refractivity contribution in [2.24, 2.45) is 0 Å². The number of carbonyl (C=O) groups is 2. The van der Waals surface area contributed by atoms with Crippen molar-refractivity contribution in [2.75, 3.05) is 18.9 Å². The minimum atomic E-state index is -0.176. The van der Waals surface area contributed by atoms with E-state index in [1.165, 1.54) is 4.90 Å². The van der Waals surface area contributed by atoms with Crippen LogP contribution in [-0.4, -0.2) is 29.9 Å². The molecule has 1 aliphatic heterocycles. The Hall–Kier alpha value is -2.82. The van der Waals surface area contributed by atoms with E-state index in [0.717, 1.165) is 30.6 Å². The molecule has 0 saturated carbocycles. The van der Waals surface area contributed by atoms with Gasteiger partial charge in [-0.3, -0.25) is 14.5 Å². The van der Waals surface area contributed by atoms with E-state index in [4.69, 9.17) is 10.5 Å². The van der Waals surface area contributed by atoms with Crippen LogP contribution in [0.2, 0.25) is 0 Å². The van der Waals surface area contributed by atoms with Crippen LogP contribution in [-0.2, 0) is 11.2 Å². The van der Waals surface area contributed by atoms with Gasteiger partial charge < -0.3 is 10.5 Å². The van der Waals surface area contributed by atoms with Gasteiger partial charge in [0, 0.05) is 17.8 Å². The van der Waals surface area contributed by atoms with Crippen LogP contribution in [0.25, 0.3) is 0 Å². The van der Waals surface area contributed by atoms with E-state index in [-0.39, 0.29) is 11.8 Å². The topological polar surface area (TPSA) is 72.6 Å². The molecule has 0 aromatic heterocycles. The summed E-state index contributed by atoms with van der Waals surface area (Å²) >= 11 is 0. The average molecular weight is 338 g/mol. The van der Waals surface area contributed by atoms with Crippen molar-refractivity contribution in [1.29, 1.82) is 0 Å². The van der Waals surface area contributed by atoms with Gasteiger partial charge in [0.05, 0.1) is 13.0 Å². The Morgan fingerprint density at radius 1 is 0.960 bits per heavy atom. The number of nitrogens with two attached hydrogens (primary N) is 1. The van der Waals surface area contributed by atoms with Crippen LogP contribution < -0.4 is 10.5 Å². The fourth-order valence-electron chi connectivity index (χ4n) is 2.93. The highest BCUT2D eigenvalue weighted by Crippen LogP contribution is 2.20. The molecule has 25 heavy (non-hydrogen) atoms. The summed E-state index contributed by atoms with van der Waals surface area (Å²) in [6, 6.07) is 14.6. The van der Waals surface area contributed by atoms with Gasteiger partial charge in [-0.05, 0) is 55.2 Å². The SMILES string of the molecule is Nc1ccc(OCCCCCN2C(=O)Cc3ccccc3C2=O)cc1. The van der Waals surface area contributed by atoms with E-state index in [0.29, 0.717) is 30.8 Å². The molecule has 2 amide bonds. The lowest BCUT2D eigenvalue weighted by molar-refractivity contribution is -0.128.